The molecule has 5 nitrogen and oxygen atoms in total. The first-order chi connectivity index (χ1) is 14.7. The summed E-state index contributed by atoms with van der Waals surface area (Å²) in [4.78, 5) is 4.37. The van der Waals surface area contributed by atoms with Crippen molar-refractivity contribution >= 4 is 5.69 Å². The molecule has 3 aromatic carbocycles. The van der Waals surface area contributed by atoms with Crippen LogP contribution < -0.4 is 14.4 Å². The fraction of sp³-hybridized carbons (Fsp3) is 0.250. The fourth-order valence-electron chi connectivity index (χ4n) is 4.06. The summed E-state index contributed by atoms with van der Waals surface area (Å²) in [5.41, 5.74) is 3.57. The SMILES string of the molecule is Oc1ccc(-c2ccc3c(c2)OCO3)cc1CN1CCN(c2ccccc2F)CC1. The van der Waals surface area contributed by atoms with Crippen LogP contribution in [0.4, 0.5) is 10.1 Å². The van der Waals surface area contributed by atoms with Crippen molar-refractivity contribution in [3.8, 4) is 28.4 Å². The number of aromatic hydroxyl groups is 1. The largest absolute Gasteiger partial charge is 0.508 e. The van der Waals surface area contributed by atoms with E-state index in [1.165, 1.54) is 6.07 Å². The van der Waals surface area contributed by atoms with Gasteiger partial charge < -0.3 is 19.5 Å². The Morgan fingerprint density at radius 1 is 0.833 bits per heavy atom. The first-order valence-electron chi connectivity index (χ1n) is 10.1. The van der Waals surface area contributed by atoms with E-state index >= 15 is 0 Å². The molecule has 3 aromatic rings. The van der Waals surface area contributed by atoms with Crippen LogP contribution in [0.3, 0.4) is 0 Å². The third-order valence-corrected chi connectivity index (χ3v) is 5.74. The summed E-state index contributed by atoms with van der Waals surface area (Å²) < 4.78 is 24.9. The van der Waals surface area contributed by atoms with Crippen LogP contribution in [-0.4, -0.2) is 43.0 Å². The Balaban J connectivity index is 1.29. The van der Waals surface area contributed by atoms with Gasteiger partial charge in [0.25, 0.3) is 0 Å². The van der Waals surface area contributed by atoms with Crippen molar-refractivity contribution in [1.29, 1.82) is 0 Å². The lowest BCUT2D eigenvalue weighted by molar-refractivity contribution is 0.174. The van der Waals surface area contributed by atoms with Gasteiger partial charge in [-0.1, -0.05) is 24.3 Å². The first-order valence-corrected chi connectivity index (χ1v) is 10.1. The van der Waals surface area contributed by atoms with Gasteiger partial charge in [0.2, 0.25) is 6.79 Å². The second kappa shape index (κ2) is 7.88. The maximum absolute atomic E-state index is 14.1. The summed E-state index contributed by atoms with van der Waals surface area (Å²) in [7, 11) is 0. The van der Waals surface area contributed by atoms with E-state index in [-0.39, 0.29) is 18.4 Å². The maximum atomic E-state index is 14.1. The van der Waals surface area contributed by atoms with Crippen LogP contribution in [0.25, 0.3) is 11.1 Å². The molecule has 0 aromatic heterocycles. The summed E-state index contributed by atoms with van der Waals surface area (Å²) in [5.74, 6) is 1.60. The number of para-hydroxylation sites is 1. The third-order valence-electron chi connectivity index (χ3n) is 5.74. The highest BCUT2D eigenvalue weighted by molar-refractivity contribution is 5.69. The average molecular weight is 406 g/mol. The van der Waals surface area contributed by atoms with Crippen LogP contribution in [-0.2, 0) is 6.54 Å². The maximum Gasteiger partial charge on any atom is 0.231 e. The summed E-state index contributed by atoms with van der Waals surface area (Å²) in [6.45, 7) is 4.02. The molecule has 2 aliphatic rings. The Morgan fingerprint density at radius 3 is 2.40 bits per heavy atom. The molecule has 1 fully saturated rings. The minimum atomic E-state index is -0.181. The Morgan fingerprint density at radius 2 is 1.57 bits per heavy atom. The number of anilines is 1. The van der Waals surface area contributed by atoms with E-state index in [0.717, 1.165) is 54.4 Å². The second-order valence-electron chi connectivity index (χ2n) is 7.63. The second-order valence-corrected chi connectivity index (χ2v) is 7.63. The minimum absolute atomic E-state index is 0.181. The van der Waals surface area contributed by atoms with Crippen molar-refractivity contribution in [2.24, 2.45) is 0 Å². The number of fused-ring (bicyclic) bond motifs is 1. The molecule has 2 heterocycles. The molecule has 0 amide bonds. The van der Waals surface area contributed by atoms with Crippen LogP contribution >= 0.6 is 0 Å². The van der Waals surface area contributed by atoms with Crippen molar-refractivity contribution in [2.45, 2.75) is 6.54 Å². The van der Waals surface area contributed by atoms with Gasteiger partial charge in [-0.05, 0) is 47.5 Å². The zero-order valence-electron chi connectivity index (χ0n) is 16.6. The predicted molar refractivity (Wildman–Crippen MR) is 114 cm³/mol. The molecule has 0 bridgehead atoms. The van der Waals surface area contributed by atoms with Gasteiger partial charge in [-0.15, -0.1) is 0 Å². The number of piperazine rings is 1. The molecule has 0 radical (unpaired) electrons. The molecule has 1 saturated heterocycles. The van der Waals surface area contributed by atoms with Gasteiger partial charge in [-0.25, -0.2) is 4.39 Å². The molecule has 6 heteroatoms. The quantitative estimate of drug-likeness (QED) is 0.702. The van der Waals surface area contributed by atoms with Crippen LogP contribution in [0.1, 0.15) is 5.56 Å². The Hall–Kier alpha value is -3.25. The van der Waals surface area contributed by atoms with E-state index in [2.05, 4.69) is 9.80 Å². The molecular formula is C24H23FN2O3. The van der Waals surface area contributed by atoms with Gasteiger partial charge in [0, 0.05) is 38.3 Å². The Kier molecular flexibility index (Phi) is 4.93. The van der Waals surface area contributed by atoms with E-state index < -0.39 is 0 Å². The highest BCUT2D eigenvalue weighted by Crippen LogP contribution is 2.37. The summed E-state index contributed by atoms with van der Waals surface area (Å²) in [5, 5.41) is 10.4. The zero-order chi connectivity index (χ0) is 20.5. The molecule has 0 aliphatic carbocycles. The Labute approximate surface area is 174 Å². The van der Waals surface area contributed by atoms with E-state index in [4.69, 9.17) is 9.47 Å². The lowest BCUT2D eigenvalue weighted by Gasteiger charge is -2.36. The van der Waals surface area contributed by atoms with E-state index in [9.17, 15) is 9.50 Å². The average Bonchev–Trinajstić information content (AvgIpc) is 3.24. The Bertz CT molecular complexity index is 1060. The van der Waals surface area contributed by atoms with Crippen LogP contribution in [0.5, 0.6) is 17.2 Å². The highest BCUT2D eigenvalue weighted by Gasteiger charge is 2.20. The summed E-state index contributed by atoms with van der Waals surface area (Å²) in [6.07, 6.45) is 0. The number of phenolic OH excluding ortho intramolecular Hbond substituents is 1. The number of phenols is 1. The lowest BCUT2D eigenvalue weighted by Crippen LogP contribution is -2.46. The number of halogens is 1. The van der Waals surface area contributed by atoms with Gasteiger partial charge in [-0.3, -0.25) is 4.90 Å². The molecule has 0 saturated carbocycles. The molecule has 2 aliphatic heterocycles. The third kappa shape index (κ3) is 3.66. The molecule has 0 atom stereocenters. The van der Waals surface area contributed by atoms with Crippen LogP contribution in [0, 0.1) is 5.82 Å². The summed E-state index contributed by atoms with van der Waals surface area (Å²) in [6, 6.07) is 18.4. The van der Waals surface area contributed by atoms with E-state index in [1.807, 2.05) is 42.5 Å². The van der Waals surface area contributed by atoms with Crippen molar-refractivity contribution < 1.29 is 19.0 Å². The minimum Gasteiger partial charge on any atom is -0.508 e. The number of benzene rings is 3. The van der Waals surface area contributed by atoms with Crippen molar-refractivity contribution in [3.63, 3.8) is 0 Å². The molecule has 154 valence electrons. The van der Waals surface area contributed by atoms with Gasteiger partial charge >= 0.3 is 0 Å². The van der Waals surface area contributed by atoms with E-state index in [0.29, 0.717) is 12.2 Å². The topological polar surface area (TPSA) is 45.2 Å². The normalized spacial score (nSPS) is 16.1. The lowest BCUT2D eigenvalue weighted by atomic mass is 10.0. The van der Waals surface area contributed by atoms with E-state index in [1.54, 1.807) is 12.1 Å². The first kappa shape index (κ1) is 18.8. The monoisotopic (exact) mass is 406 g/mol. The van der Waals surface area contributed by atoms with Crippen molar-refractivity contribution in [3.05, 3.63) is 72.0 Å². The molecule has 5 rings (SSSR count). The zero-order valence-corrected chi connectivity index (χ0v) is 16.6. The molecule has 30 heavy (non-hydrogen) atoms. The number of hydrogen-bond acceptors (Lipinski definition) is 5. The van der Waals surface area contributed by atoms with Gasteiger partial charge in [0.15, 0.2) is 11.5 Å². The molecule has 0 spiro atoms. The van der Waals surface area contributed by atoms with Crippen LogP contribution in [0.15, 0.2) is 60.7 Å². The van der Waals surface area contributed by atoms with Crippen molar-refractivity contribution in [2.75, 3.05) is 37.9 Å². The van der Waals surface area contributed by atoms with Crippen molar-refractivity contribution in [1.82, 2.24) is 4.90 Å². The molecule has 0 unspecified atom stereocenters. The van der Waals surface area contributed by atoms with Gasteiger partial charge in [0.05, 0.1) is 5.69 Å². The smallest absolute Gasteiger partial charge is 0.231 e. The highest BCUT2D eigenvalue weighted by atomic mass is 19.1. The predicted octanol–water partition coefficient (Wildman–Crippen LogP) is 4.25. The molecule has 1 N–H and O–H groups in total. The number of hydrogen-bond donors (Lipinski definition) is 1. The summed E-state index contributed by atoms with van der Waals surface area (Å²) >= 11 is 0. The van der Waals surface area contributed by atoms with Gasteiger partial charge in [-0.2, -0.15) is 0 Å². The fourth-order valence-corrected chi connectivity index (χ4v) is 4.06. The number of ether oxygens (including phenoxy) is 2. The number of rotatable bonds is 4. The molecular weight excluding hydrogens is 383 g/mol. The number of nitrogens with zero attached hydrogens (tertiary/aromatic N) is 2. The standard InChI is InChI=1S/C24H23FN2O3/c25-20-3-1-2-4-21(20)27-11-9-26(10-12-27)15-19-13-17(5-7-22(19)28)18-6-8-23-24(14-18)30-16-29-23/h1-8,13-14,28H,9-12,15-16H2. The van der Waals surface area contributed by atoms with Gasteiger partial charge in [0.1, 0.15) is 11.6 Å². The van der Waals surface area contributed by atoms with Crippen LogP contribution in [0.2, 0.25) is 0 Å².